The number of hydrogen-bond donors (Lipinski definition) is 0. The summed E-state index contributed by atoms with van der Waals surface area (Å²) in [4.78, 5) is 25.7. The van der Waals surface area contributed by atoms with E-state index in [1.165, 1.54) is 11.3 Å². The van der Waals surface area contributed by atoms with Gasteiger partial charge >= 0.3 is 11.3 Å². The maximum Gasteiger partial charge on any atom is 0.343 e. The highest BCUT2D eigenvalue weighted by Gasteiger charge is 2.36. The van der Waals surface area contributed by atoms with Gasteiger partial charge in [-0.2, -0.15) is 0 Å². The zero-order valence-electron chi connectivity index (χ0n) is 12.4. The molecule has 0 saturated heterocycles. The smallest absolute Gasteiger partial charge is 0.343 e. The first kappa shape index (κ1) is 14.0. The molecule has 0 bridgehead atoms. The summed E-state index contributed by atoms with van der Waals surface area (Å²) in [6, 6.07) is 7.10. The SMILES string of the molecule is Cc1cc2c(c(=O)o1)C(c1cccs1)c1c(cc(C)oc1=O)O2. The lowest BCUT2D eigenvalue weighted by Crippen LogP contribution is -2.25. The van der Waals surface area contributed by atoms with Crippen LogP contribution in [0.3, 0.4) is 0 Å². The third-order valence-corrected chi connectivity index (χ3v) is 4.71. The van der Waals surface area contributed by atoms with Gasteiger partial charge < -0.3 is 13.6 Å². The van der Waals surface area contributed by atoms with Crippen molar-refractivity contribution in [2.45, 2.75) is 19.8 Å². The minimum Gasteiger partial charge on any atom is -0.456 e. The van der Waals surface area contributed by atoms with Crippen LogP contribution < -0.4 is 16.0 Å². The largest absolute Gasteiger partial charge is 0.456 e. The number of hydrogen-bond acceptors (Lipinski definition) is 6. The van der Waals surface area contributed by atoms with Crippen molar-refractivity contribution in [2.75, 3.05) is 0 Å². The normalized spacial score (nSPS) is 13.3. The van der Waals surface area contributed by atoms with E-state index in [4.69, 9.17) is 13.6 Å². The molecule has 1 aliphatic rings. The summed E-state index contributed by atoms with van der Waals surface area (Å²) in [6.45, 7) is 3.37. The monoisotopic (exact) mass is 328 g/mol. The zero-order chi connectivity index (χ0) is 16.1. The second-order valence-corrected chi connectivity index (χ2v) is 6.37. The van der Waals surface area contributed by atoms with Crippen LogP contribution in [0.2, 0.25) is 0 Å². The summed E-state index contributed by atoms with van der Waals surface area (Å²) in [5.74, 6) is 1.23. The summed E-state index contributed by atoms with van der Waals surface area (Å²) < 4.78 is 16.3. The van der Waals surface area contributed by atoms with E-state index in [1.54, 1.807) is 26.0 Å². The van der Waals surface area contributed by atoms with E-state index in [-0.39, 0.29) is 0 Å². The molecule has 0 fully saturated rings. The van der Waals surface area contributed by atoms with Crippen molar-refractivity contribution in [1.82, 2.24) is 0 Å². The molecular weight excluding hydrogens is 316 g/mol. The molecule has 23 heavy (non-hydrogen) atoms. The molecule has 0 radical (unpaired) electrons. The Bertz CT molecular complexity index is 945. The Morgan fingerprint density at radius 1 is 0.957 bits per heavy atom. The molecule has 6 heteroatoms. The molecule has 3 aromatic rings. The van der Waals surface area contributed by atoms with Gasteiger partial charge in [0.15, 0.2) is 0 Å². The first-order chi connectivity index (χ1) is 11.0. The Labute approximate surface area is 134 Å². The predicted octanol–water partition coefficient (Wildman–Crippen LogP) is 3.56. The fraction of sp³-hybridized carbons (Fsp3) is 0.176. The zero-order valence-corrected chi connectivity index (χ0v) is 13.2. The van der Waals surface area contributed by atoms with Crippen molar-refractivity contribution in [3.63, 3.8) is 0 Å². The quantitative estimate of drug-likeness (QED) is 0.534. The summed E-state index contributed by atoms with van der Waals surface area (Å²) in [5, 5.41) is 1.90. The van der Waals surface area contributed by atoms with Gasteiger partial charge in [-0.25, -0.2) is 9.59 Å². The van der Waals surface area contributed by atoms with Gasteiger partial charge in [0.2, 0.25) is 0 Å². The van der Waals surface area contributed by atoms with E-state index in [2.05, 4.69) is 0 Å². The minimum absolute atomic E-state index is 0.335. The van der Waals surface area contributed by atoms with E-state index >= 15 is 0 Å². The van der Waals surface area contributed by atoms with Gasteiger partial charge in [0, 0.05) is 17.0 Å². The van der Waals surface area contributed by atoms with Crippen LogP contribution in [0.5, 0.6) is 11.5 Å². The van der Waals surface area contributed by atoms with E-state index in [0.717, 1.165) is 4.88 Å². The Balaban J connectivity index is 2.09. The third kappa shape index (κ3) is 2.14. The number of ether oxygens (including phenoxy) is 1. The summed E-state index contributed by atoms with van der Waals surface area (Å²) >= 11 is 1.47. The predicted molar refractivity (Wildman–Crippen MR) is 84.8 cm³/mol. The molecule has 3 aromatic heterocycles. The molecule has 0 atom stereocenters. The van der Waals surface area contributed by atoms with E-state index < -0.39 is 17.2 Å². The molecule has 0 N–H and O–H groups in total. The van der Waals surface area contributed by atoms with Gasteiger partial charge in [-0.1, -0.05) is 6.07 Å². The van der Waals surface area contributed by atoms with Crippen molar-refractivity contribution < 1.29 is 13.6 Å². The summed E-state index contributed by atoms with van der Waals surface area (Å²) in [5.41, 5.74) is -0.323. The second kappa shape index (κ2) is 4.96. The van der Waals surface area contributed by atoms with Gasteiger partial charge in [0.25, 0.3) is 0 Å². The van der Waals surface area contributed by atoms with E-state index in [9.17, 15) is 9.59 Å². The molecule has 0 saturated carbocycles. The fourth-order valence-electron chi connectivity index (χ4n) is 2.88. The lowest BCUT2D eigenvalue weighted by Gasteiger charge is -2.25. The Morgan fingerprint density at radius 2 is 1.52 bits per heavy atom. The molecule has 0 aromatic carbocycles. The van der Waals surface area contributed by atoms with Crippen LogP contribution in [0, 0.1) is 13.8 Å². The Kier molecular flexibility index (Phi) is 3.02. The van der Waals surface area contributed by atoms with E-state index in [1.807, 2.05) is 17.5 Å². The lowest BCUT2D eigenvalue weighted by molar-refractivity contribution is 0.389. The maximum atomic E-state index is 12.4. The molecule has 0 amide bonds. The summed E-state index contributed by atoms with van der Waals surface area (Å²) in [6.07, 6.45) is 0. The number of rotatable bonds is 1. The van der Waals surface area contributed by atoms with Crippen LogP contribution in [0.25, 0.3) is 0 Å². The van der Waals surface area contributed by atoms with Crippen molar-refractivity contribution in [3.05, 3.63) is 78.0 Å². The number of fused-ring (bicyclic) bond motifs is 2. The average Bonchev–Trinajstić information content (AvgIpc) is 2.98. The van der Waals surface area contributed by atoms with Crippen LogP contribution in [0.15, 0.2) is 48.1 Å². The Morgan fingerprint density at radius 3 is 2.00 bits per heavy atom. The van der Waals surface area contributed by atoms with Crippen LogP contribution in [0.4, 0.5) is 0 Å². The number of aryl methyl sites for hydroxylation is 2. The standard InChI is InChI=1S/C17H12O5S/c1-8-6-10-13(16(18)20-8)15(12-4-3-5-23-12)14-11(22-10)7-9(2)21-17(14)19/h3-7,15H,1-2H3. The minimum atomic E-state index is -0.539. The molecule has 0 unspecified atom stereocenters. The van der Waals surface area contributed by atoms with Gasteiger partial charge in [-0.15, -0.1) is 11.3 Å². The molecule has 0 spiro atoms. The molecular formula is C17H12O5S. The molecule has 1 aliphatic heterocycles. The topological polar surface area (TPSA) is 69.7 Å². The Hall–Kier alpha value is -2.60. The van der Waals surface area contributed by atoms with Crippen LogP contribution in [0.1, 0.15) is 33.4 Å². The highest BCUT2D eigenvalue weighted by atomic mass is 32.1. The second-order valence-electron chi connectivity index (χ2n) is 5.40. The van der Waals surface area contributed by atoms with Crippen molar-refractivity contribution in [3.8, 4) is 11.5 Å². The fourth-order valence-corrected chi connectivity index (χ4v) is 3.72. The molecule has 4 rings (SSSR count). The lowest BCUT2D eigenvalue weighted by atomic mass is 9.89. The first-order valence-corrected chi connectivity index (χ1v) is 7.93. The molecule has 0 aliphatic carbocycles. The van der Waals surface area contributed by atoms with Crippen LogP contribution in [-0.2, 0) is 0 Å². The van der Waals surface area contributed by atoms with Gasteiger partial charge in [0.1, 0.15) is 23.0 Å². The van der Waals surface area contributed by atoms with E-state index in [0.29, 0.717) is 34.1 Å². The van der Waals surface area contributed by atoms with Crippen molar-refractivity contribution in [1.29, 1.82) is 0 Å². The van der Waals surface area contributed by atoms with Crippen molar-refractivity contribution in [2.24, 2.45) is 0 Å². The van der Waals surface area contributed by atoms with Crippen LogP contribution >= 0.6 is 11.3 Å². The van der Waals surface area contributed by atoms with Gasteiger partial charge in [-0.3, -0.25) is 0 Å². The highest BCUT2D eigenvalue weighted by molar-refractivity contribution is 7.10. The van der Waals surface area contributed by atoms with Gasteiger partial charge in [-0.05, 0) is 25.3 Å². The maximum absolute atomic E-state index is 12.4. The third-order valence-electron chi connectivity index (χ3n) is 3.77. The highest BCUT2D eigenvalue weighted by Crippen LogP contribution is 2.45. The van der Waals surface area contributed by atoms with Crippen LogP contribution in [-0.4, -0.2) is 0 Å². The molecule has 116 valence electrons. The average molecular weight is 328 g/mol. The van der Waals surface area contributed by atoms with Gasteiger partial charge in [0.05, 0.1) is 17.0 Å². The molecule has 5 nitrogen and oxygen atoms in total. The summed E-state index contributed by atoms with van der Waals surface area (Å²) in [7, 11) is 0. The van der Waals surface area contributed by atoms with Crippen molar-refractivity contribution >= 4 is 11.3 Å². The molecule has 4 heterocycles. The number of thiophene rings is 1. The first-order valence-electron chi connectivity index (χ1n) is 7.05.